The van der Waals surface area contributed by atoms with E-state index in [1.165, 1.54) is 0 Å². The minimum absolute atomic E-state index is 0.0465. The smallest absolute Gasteiger partial charge is 0.305 e. The van der Waals surface area contributed by atoms with Crippen LogP contribution in [0.15, 0.2) is 22.7 Å². The van der Waals surface area contributed by atoms with Gasteiger partial charge in [-0.3, -0.25) is 9.59 Å². The Bertz CT molecular complexity index is 488. The van der Waals surface area contributed by atoms with Gasteiger partial charge in [-0.25, -0.2) is 0 Å². The van der Waals surface area contributed by atoms with Gasteiger partial charge in [0.25, 0.3) is 5.91 Å². The molecule has 1 atom stereocenters. The maximum atomic E-state index is 12.4. The predicted octanol–water partition coefficient (Wildman–Crippen LogP) is 3.08. The van der Waals surface area contributed by atoms with Gasteiger partial charge in [0.05, 0.1) is 6.42 Å². The highest BCUT2D eigenvalue weighted by molar-refractivity contribution is 9.10. The second-order valence-corrected chi connectivity index (χ2v) is 5.36. The van der Waals surface area contributed by atoms with Crippen LogP contribution in [0.25, 0.3) is 0 Å². The second kappa shape index (κ2) is 6.70. The van der Waals surface area contributed by atoms with Crippen LogP contribution in [0.4, 0.5) is 0 Å². The first kappa shape index (κ1) is 15.7. The molecule has 0 aliphatic rings. The predicted molar refractivity (Wildman–Crippen MR) is 77.3 cm³/mol. The average Bonchev–Trinajstić information content (AvgIpc) is 2.32. The van der Waals surface area contributed by atoms with E-state index < -0.39 is 5.97 Å². The van der Waals surface area contributed by atoms with Crippen molar-refractivity contribution in [3.63, 3.8) is 0 Å². The van der Waals surface area contributed by atoms with E-state index in [1.54, 1.807) is 17.9 Å². The van der Waals surface area contributed by atoms with Gasteiger partial charge in [-0.15, -0.1) is 0 Å². The largest absolute Gasteiger partial charge is 0.481 e. The number of carbonyl (C=O) groups is 2. The summed E-state index contributed by atoms with van der Waals surface area (Å²) in [5, 5.41) is 8.82. The van der Waals surface area contributed by atoms with E-state index in [0.29, 0.717) is 12.1 Å². The van der Waals surface area contributed by atoms with Gasteiger partial charge in [0.15, 0.2) is 0 Å². The van der Waals surface area contributed by atoms with Gasteiger partial charge in [0.1, 0.15) is 0 Å². The number of hydrogen-bond acceptors (Lipinski definition) is 2. The van der Waals surface area contributed by atoms with Gasteiger partial charge in [-0.05, 0) is 44.5 Å². The minimum Gasteiger partial charge on any atom is -0.481 e. The van der Waals surface area contributed by atoms with Crippen molar-refractivity contribution in [1.82, 2.24) is 4.90 Å². The molecule has 1 rings (SSSR count). The Labute approximate surface area is 121 Å². The molecular weight excluding hydrogens is 310 g/mol. The quantitative estimate of drug-likeness (QED) is 0.904. The van der Waals surface area contributed by atoms with E-state index in [0.717, 1.165) is 10.0 Å². The molecule has 19 heavy (non-hydrogen) atoms. The van der Waals surface area contributed by atoms with Crippen molar-refractivity contribution >= 4 is 27.8 Å². The maximum Gasteiger partial charge on any atom is 0.305 e. The molecule has 1 N–H and O–H groups in total. The number of nitrogens with zero attached hydrogens (tertiary/aromatic N) is 1. The molecule has 4 nitrogen and oxygen atoms in total. The van der Waals surface area contributed by atoms with Crippen LogP contribution in [-0.2, 0) is 4.79 Å². The van der Waals surface area contributed by atoms with Crippen LogP contribution in [0, 0.1) is 6.92 Å². The average molecular weight is 328 g/mol. The summed E-state index contributed by atoms with van der Waals surface area (Å²) in [5.74, 6) is -1.03. The fraction of sp³-hybridized carbons (Fsp3) is 0.429. The van der Waals surface area contributed by atoms with E-state index in [9.17, 15) is 9.59 Å². The zero-order valence-corrected chi connectivity index (χ0v) is 12.9. The molecule has 0 radical (unpaired) electrons. The number of amides is 1. The van der Waals surface area contributed by atoms with Crippen LogP contribution >= 0.6 is 15.9 Å². The molecule has 1 aromatic rings. The van der Waals surface area contributed by atoms with Crippen molar-refractivity contribution in [3.8, 4) is 0 Å². The summed E-state index contributed by atoms with van der Waals surface area (Å²) < 4.78 is 0.950. The summed E-state index contributed by atoms with van der Waals surface area (Å²) in [6, 6.07) is 5.06. The zero-order chi connectivity index (χ0) is 14.6. The summed E-state index contributed by atoms with van der Waals surface area (Å²) >= 11 is 3.39. The first-order valence-corrected chi connectivity index (χ1v) is 6.95. The fourth-order valence-electron chi connectivity index (χ4n) is 1.96. The van der Waals surface area contributed by atoms with E-state index in [4.69, 9.17) is 5.11 Å². The van der Waals surface area contributed by atoms with Gasteiger partial charge >= 0.3 is 5.97 Å². The van der Waals surface area contributed by atoms with Crippen LogP contribution in [-0.4, -0.2) is 34.5 Å². The molecule has 0 spiro atoms. The fourth-order valence-corrected chi connectivity index (χ4v) is 2.21. The Morgan fingerprint density at radius 1 is 1.42 bits per heavy atom. The molecule has 0 fully saturated rings. The zero-order valence-electron chi connectivity index (χ0n) is 11.3. The Morgan fingerprint density at radius 2 is 2.05 bits per heavy atom. The number of rotatable bonds is 5. The number of aliphatic carboxylic acids is 1. The highest BCUT2D eigenvalue weighted by Gasteiger charge is 2.22. The molecule has 1 unspecified atom stereocenters. The normalized spacial score (nSPS) is 12.0. The monoisotopic (exact) mass is 327 g/mol. The molecule has 0 aromatic heterocycles. The molecule has 0 aliphatic heterocycles. The Hall–Kier alpha value is -1.36. The van der Waals surface area contributed by atoms with Crippen molar-refractivity contribution in [1.29, 1.82) is 0 Å². The first-order chi connectivity index (χ1) is 8.86. The molecule has 1 aromatic carbocycles. The van der Waals surface area contributed by atoms with Crippen LogP contribution in [0.5, 0.6) is 0 Å². The molecule has 0 saturated carbocycles. The highest BCUT2D eigenvalue weighted by Crippen LogP contribution is 2.19. The third-order valence-corrected chi connectivity index (χ3v) is 3.90. The van der Waals surface area contributed by atoms with Gasteiger partial charge in [0.2, 0.25) is 0 Å². The van der Waals surface area contributed by atoms with E-state index >= 15 is 0 Å². The maximum absolute atomic E-state index is 12.4. The third kappa shape index (κ3) is 4.06. The molecular formula is C14H18BrNO3. The summed E-state index contributed by atoms with van der Waals surface area (Å²) in [6.07, 6.45) is -0.0465. The van der Waals surface area contributed by atoms with Gasteiger partial charge in [-0.1, -0.05) is 15.9 Å². The number of benzene rings is 1. The number of hydrogen-bond donors (Lipinski definition) is 1. The lowest BCUT2D eigenvalue weighted by molar-refractivity contribution is -0.138. The van der Waals surface area contributed by atoms with Gasteiger partial charge in [-0.2, -0.15) is 0 Å². The van der Waals surface area contributed by atoms with Crippen molar-refractivity contribution < 1.29 is 14.7 Å². The van der Waals surface area contributed by atoms with Crippen LogP contribution in [0.1, 0.15) is 36.2 Å². The lowest BCUT2D eigenvalue weighted by atomic mass is 10.1. The standard InChI is InChI=1S/C14H18BrNO3/c1-4-16(10(3)8-13(17)18)14(19)11-5-6-12(15)9(2)7-11/h5-7,10H,4,8H2,1-3H3,(H,17,18). The summed E-state index contributed by atoms with van der Waals surface area (Å²) in [5.41, 5.74) is 1.56. The van der Waals surface area contributed by atoms with Crippen molar-refractivity contribution in [2.45, 2.75) is 33.2 Å². The topological polar surface area (TPSA) is 57.6 Å². The lowest BCUT2D eigenvalue weighted by Gasteiger charge is -2.27. The number of aryl methyl sites for hydroxylation is 1. The third-order valence-electron chi connectivity index (χ3n) is 3.01. The van der Waals surface area contributed by atoms with Crippen LogP contribution in [0.3, 0.4) is 0 Å². The molecule has 1 amide bonds. The number of halogens is 1. The Balaban J connectivity index is 2.94. The molecule has 5 heteroatoms. The summed E-state index contributed by atoms with van der Waals surface area (Å²) in [6.45, 7) is 6.00. The summed E-state index contributed by atoms with van der Waals surface area (Å²) in [7, 11) is 0. The minimum atomic E-state index is -0.897. The molecule has 0 bridgehead atoms. The molecule has 0 heterocycles. The van der Waals surface area contributed by atoms with Gasteiger partial charge in [0, 0.05) is 22.6 Å². The second-order valence-electron chi connectivity index (χ2n) is 4.50. The highest BCUT2D eigenvalue weighted by atomic mass is 79.9. The molecule has 0 saturated heterocycles. The Kier molecular flexibility index (Phi) is 5.54. The number of carbonyl (C=O) groups excluding carboxylic acids is 1. The van der Waals surface area contributed by atoms with Crippen molar-refractivity contribution in [2.75, 3.05) is 6.54 Å². The van der Waals surface area contributed by atoms with Crippen LogP contribution in [0.2, 0.25) is 0 Å². The number of carboxylic acid groups (broad SMARTS) is 1. The Morgan fingerprint density at radius 3 is 2.53 bits per heavy atom. The van der Waals surface area contributed by atoms with Crippen molar-refractivity contribution in [3.05, 3.63) is 33.8 Å². The van der Waals surface area contributed by atoms with Crippen LogP contribution < -0.4 is 0 Å². The molecule has 0 aliphatic carbocycles. The van der Waals surface area contributed by atoms with E-state index in [1.807, 2.05) is 26.0 Å². The SMILES string of the molecule is CCN(C(=O)c1ccc(Br)c(C)c1)C(C)CC(=O)O. The van der Waals surface area contributed by atoms with E-state index in [2.05, 4.69) is 15.9 Å². The van der Waals surface area contributed by atoms with E-state index in [-0.39, 0.29) is 18.4 Å². The van der Waals surface area contributed by atoms with Crippen molar-refractivity contribution in [2.24, 2.45) is 0 Å². The molecule has 104 valence electrons. The first-order valence-electron chi connectivity index (χ1n) is 6.15. The van der Waals surface area contributed by atoms with Gasteiger partial charge < -0.3 is 10.0 Å². The number of carboxylic acids is 1. The summed E-state index contributed by atoms with van der Waals surface area (Å²) in [4.78, 5) is 24.7. The lowest BCUT2D eigenvalue weighted by Crippen LogP contribution is -2.39.